The van der Waals surface area contributed by atoms with Crippen molar-refractivity contribution < 1.29 is 24.7 Å². The summed E-state index contributed by atoms with van der Waals surface area (Å²) in [6, 6.07) is 5.36. The van der Waals surface area contributed by atoms with E-state index in [-0.39, 0.29) is 11.4 Å². The summed E-state index contributed by atoms with van der Waals surface area (Å²) in [5, 5.41) is 30.9. The molecule has 2 amide bonds. The lowest BCUT2D eigenvalue weighted by Crippen LogP contribution is -2.43. The lowest BCUT2D eigenvalue weighted by Gasteiger charge is -2.29. The average molecular weight is 318 g/mol. The van der Waals surface area contributed by atoms with Crippen LogP contribution in [0.5, 0.6) is 0 Å². The molecule has 120 valence electrons. The van der Waals surface area contributed by atoms with Gasteiger partial charge in [-0.25, -0.2) is 4.90 Å². The number of anilines is 1. The first kappa shape index (κ1) is 14.3. The number of carbonyl (C=O) groups excluding carboxylic acids is 2. The van der Waals surface area contributed by atoms with Crippen molar-refractivity contribution in [3.63, 3.8) is 0 Å². The molecule has 6 atom stereocenters. The largest absolute Gasteiger partial charge is 0.390 e. The van der Waals surface area contributed by atoms with Crippen molar-refractivity contribution in [2.24, 2.45) is 23.7 Å². The summed E-state index contributed by atoms with van der Waals surface area (Å²) in [6.45, 7) is 0. The smallest absolute Gasteiger partial charge is 0.271 e. The predicted octanol–water partition coefficient (Wildman–Crippen LogP) is 0.0719. The topological polar surface area (TPSA) is 121 Å². The van der Waals surface area contributed by atoms with Crippen LogP contribution in [0.25, 0.3) is 0 Å². The summed E-state index contributed by atoms with van der Waals surface area (Å²) < 4.78 is 0. The Morgan fingerprint density at radius 3 is 2.17 bits per heavy atom. The minimum Gasteiger partial charge on any atom is -0.390 e. The van der Waals surface area contributed by atoms with Gasteiger partial charge in [0.15, 0.2) is 0 Å². The number of aliphatic hydroxyl groups excluding tert-OH is 2. The van der Waals surface area contributed by atoms with Gasteiger partial charge in [-0.05, 0) is 12.5 Å². The number of nitro benzene ring substituents is 1. The second kappa shape index (κ2) is 4.59. The van der Waals surface area contributed by atoms with Crippen LogP contribution >= 0.6 is 0 Å². The van der Waals surface area contributed by atoms with Crippen LogP contribution in [0.15, 0.2) is 24.3 Å². The molecule has 2 bridgehead atoms. The summed E-state index contributed by atoms with van der Waals surface area (Å²) >= 11 is 0. The minimum atomic E-state index is -0.997. The van der Waals surface area contributed by atoms with Crippen LogP contribution in [-0.4, -0.2) is 39.2 Å². The van der Waals surface area contributed by atoms with Gasteiger partial charge in [-0.15, -0.1) is 0 Å². The summed E-state index contributed by atoms with van der Waals surface area (Å²) in [5.41, 5.74) is -0.0461. The monoisotopic (exact) mass is 318 g/mol. The number of amides is 2. The first-order valence-corrected chi connectivity index (χ1v) is 7.40. The molecule has 1 aromatic rings. The highest BCUT2D eigenvalue weighted by Crippen LogP contribution is 2.56. The Hall–Kier alpha value is -2.32. The maximum atomic E-state index is 12.7. The lowest BCUT2D eigenvalue weighted by atomic mass is 9.78. The third-order valence-corrected chi connectivity index (χ3v) is 5.39. The van der Waals surface area contributed by atoms with E-state index in [1.54, 1.807) is 0 Å². The number of nitrogens with zero attached hydrogens (tertiary/aromatic N) is 2. The van der Waals surface area contributed by atoms with Gasteiger partial charge < -0.3 is 10.2 Å². The highest BCUT2D eigenvalue weighted by molar-refractivity contribution is 6.22. The Balaban J connectivity index is 1.73. The van der Waals surface area contributed by atoms with Gasteiger partial charge in [0.25, 0.3) is 5.69 Å². The summed E-state index contributed by atoms with van der Waals surface area (Å²) in [6.07, 6.45) is -1.54. The van der Waals surface area contributed by atoms with E-state index in [0.717, 1.165) is 4.90 Å². The quantitative estimate of drug-likeness (QED) is 0.452. The highest BCUT2D eigenvalue weighted by atomic mass is 16.6. The fraction of sp³-hybridized carbons (Fsp3) is 0.467. The van der Waals surface area contributed by atoms with Crippen molar-refractivity contribution in [3.05, 3.63) is 34.4 Å². The number of benzene rings is 1. The standard InChI is InChI=1S/C15H14N2O6/c18-12-8-5-9(13(12)19)11-10(8)14(20)16(15(11)21)6-2-1-3-7(4-6)17(22)23/h1-4,8-13,18-19H,5H2/t8?,9?,10?,11?,12-,13?/m0/s1. The second-order valence-corrected chi connectivity index (χ2v) is 6.39. The van der Waals surface area contributed by atoms with Gasteiger partial charge >= 0.3 is 0 Å². The van der Waals surface area contributed by atoms with Crippen molar-refractivity contribution in [1.82, 2.24) is 0 Å². The van der Waals surface area contributed by atoms with Crippen molar-refractivity contribution >= 4 is 23.2 Å². The summed E-state index contributed by atoms with van der Waals surface area (Å²) in [7, 11) is 0. The Morgan fingerprint density at radius 1 is 1.09 bits per heavy atom. The molecule has 1 saturated heterocycles. The van der Waals surface area contributed by atoms with E-state index in [2.05, 4.69) is 0 Å². The van der Waals surface area contributed by atoms with Crippen molar-refractivity contribution in [2.45, 2.75) is 18.6 Å². The minimum absolute atomic E-state index is 0.159. The number of imide groups is 1. The van der Waals surface area contributed by atoms with E-state index in [9.17, 15) is 29.9 Å². The second-order valence-electron chi connectivity index (χ2n) is 6.39. The Kier molecular flexibility index (Phi) is 2.85. The molecule has 0 aromatic heterocycles. The van der Waals surface area contributed by atoms with E-state index in [1.807, 2.05) is 0 Å². The van der Waals surface area contributed by atoms with Gasteiger partial charge in [0.1, 0.15) is 0 Å². The molecular formula is C15H14N2O6. The fourth-order valence-corrected chi connectivity index (χ4v) is 4.43. The molecule has 3 aliphatic rings. The fourth-order valence-electron chi connectivity index (χ4n) is 4.43. The molecule has 0 radical (unpaired) electrons. The molecule has 2 aliphatic carbocycles. The van der Waals surface area contributed by atoms with Crippen LogP contribution in [0.1, 0.15) is 6.42 Å². The zero-order valence-electron chi connectivity index (χ0n) is 11.9. The van der Waals surface area contributed by atoms with E-state index in [0.29, 0.717) is 6.42 Å². The normalized spacial score (nSPS) is 38.3. The molecule has 4 rings (SSSR count). The number of rotatable bonds is 2. The van der Waals surface area contributed by atoms with Gasteiger partial charge in [-0.1, -0.05) is 6.07 Å². The predicted molar refractivity (Wildman–Crippen MR) is 76.2 cm³/mol. The van der Waals surface area contributed by atoms with E-state index < -0.39 is 52.6 Å². The molecule has 1 heterocycles. The SMILES string of the molecule is O=C1C2C3CC(C2C(=O)N1c1cccc([N+](=O)[O-])c1)[C@H](O)C3O. The molecule has 8 nitrogen and oxygen atoms in total. The first-order chi connectivity index (χ1) is 10.9. The lowest BCUT2D eigenvalue weighted by molar-refractivity contribution is -0.384. The number of aliphatic hydroxyl groups is 2. The third kappa shape index (κ3) is 1.73. The molecule has 23 heavy (non-hydrogen) atoms. The number of hydrogen-bond acceptors (Lipinski definition) is 6. The van der Waals surface area contributed by atoms with Crippen LogP contribution in [0, 0.1) is 33.8 Å². The molecule has 2 N–H and O–H groups in total. The number of carbonyl (C=O) groups is 2. The van der Waals surface area contributed by atoms with Crippen LogP contribution in [0.2, 0.25) is 0 Å². The molecule has 5 unspecified atom stereocenters. The van der Waals surface area contributed by atoms with E-state index >= 15 is 0 Å². The van der Waals surface area contributed by atoms with Gasteiger partial charge in [0.2, 0.25) is 11.8 Å². The maximum Gasteiger partial charge on any atom is 0.271 e. The zero-order chi connectivity index (χ0) is 16.5. The van der Waals surface area contributed by atoms with Crippen LogP contribution in [-0.2, 0) is 9.59 Å². The third-order valence-electron chi connectivity index (χ3n) is 5.39. The molecule has 0 spiro atoms. The van der Waals surface area contributed by atoms with E-state index in [1.165, 1.54) is 24.3 Å². The Bertz CT molecular complexity index is 702. The van der Waals surface area contributed by atoms with Crippen molar-refractivity contribution in [3.8, 4) is 0 Å². The van der Waals surface area contributed by atoms with Gasteiger partial charge in [-0.3, -0.25) is 19.7 Å². The van der Waals surface area contributed by atoms with Crippen LogP contribution in [0.4, 0.5) is 11.4 Å². The van der Waals surface area contributed by atoms with Gasteiger partial charge in [0, 0.05) is 24.0 Å². The van der Waals surface area contributed by atoms with Crippen LogP contribution in [0.3, 0.4) is 0 Å². The number of fused-ring (bicyclic) bond motifs is 5. The zero-order valence-corrected chi connectivity index (χ0v) is 11.9. The number of hydrogen-bond donors (Lipinski definition) is 2. The number of non-ortho nitro benzene ring substituents is 1. The highest BCUT2D eigenvalue weighted by Gasteiger charge is 2.67. The molecular weight excluding hydrogens is 304 g/mol. The van der Waals surface area contributed by atoms with E-state index in [4.69, 9.17) is 0 Å². The summed E-state index contributed by atoms with van der Waals surface area (Å²) in [4.78, 5) is 36.6. The maximum absolute atomic E-state index is 12.7. The van der Waals surface area contributed by atoms with Crippen molar-refractivity contribution in [2.75, 3.05) is 4.90 Å². The summed E-state index contributed by atoms with van der Waals surface area (Å²) in [5.74, 6) is -3.05. The van der Waals surface area contributed by atoms with Gasteiger partial charge in [0.05, 0.1) is 34.7 Å². The van der Waals surface area contributed by atoms with Crippen molar-refractivity contribution in [1.29, 1.82) is 0 Å². The van der Waals surface area contributed by atoms with Gasteiger partial charge in [-0.2, -0.15) is 0 Å². The first-order valence-electron chi connectivity index (χ1n) is 7.40. The Labute approximate surface area is 130 Å². The Morgan fingerprint density at radius 2 is 1.65 bits per heavy atom. The molecule has 2 saturated carbocycles. The molecule has 1 aromatic carbocycles. The molecule has 8 heteroatoms. The van der Waals surface area contributed by atoms with Crippen LogP contribution < -0.4 is 4.90 Å². The average Bonchev–Trinajstić information content (AvgIpc) is 3.12. The number of nitro groups is 1. The molecule has 3 fully saturated rings. The molecule has 1 aliphatic heterocycles.